The number of carbonyl (C=O) groups is 4. The standard InChI is InChI=1S/C15H20N4O5/c1-5-16-13(22)17-11(20)7-19-12(21)15(4,18-14(19)23)10-6-8(2)24-9(10)3/h6H,5,7H2,1-4H3,(H,18,23)(H2,16,17,20,22)/t15-/m1/s1. The van der Waals surface area contributed by atoms with Gasteiger partial charge < -0.3 is 15.1 Å². The first-order chi connectivity index (χ1) is 11.2. The Kier molecular flexibility index (Phi) is 4.63. The van der Waals surface area contributed by atoms with Gasteiger partial charge in [-0.3, -0.25) is 19.8 Å². The molecule has 1 atom stereocenters. The number of hydrogen-bond acceptors (Lipinski definition) is 5. The zero-order chi connectivity index (χ0) is 18.1. The lowest BCUT2D eigenvalue weighted by Gasteiger charge is -2.21. The third-order valence-corrected chi connectivity index (χ3v) is 3.75. The third-order valence-electron chi connectivity index (χ3n) is 3.75. The van der Waals surface area contributed by atoms with E-state index >= 15 is 0 Å². The summed E-state index contributed by atoms with van der Waals surface area (Å²) in [5.74, 6) is -0.216. The van der Waals surface area contributed by atoms with Crippen molar-refractivity contribution >= 4 is 23.9 Å². The fraction of sp³-hybridized carbons (Fsp3) is 0.467. The third kappa shape index (κ3) is 3.10. The van der Waals surface area contributed by atoms with Gasteiger partial charge in [0.25, 0.3) is 5.91 Å². The van der Waals surface area contributed by atoms with Gasteiger partial charge in [0.15, 0.2) is 0 Å². The van der Waals surface area contributed by atoms with E-state index in [1.165, 1.54) is 0 Å². The zero-order valence-electron chi connectivity index (χ0n) is 14.0. The average molecular weight is 336 g/mol. The first-order valence-corrected chi connectivity index (χ1v) is 7.48. The van der Waals surface area contributed by atoms with Crippen LogP contribution in [0.3, 0.4) is 0 Å². The molecule has 0 spiro atoms. The maximum Gasteiger partial charge on any atom is 0.325 e. The maximum atomic E-state index is 12.7. The number of imide groups is 2. The Balaban J connectivity index is 2.15. The molecule has 24 heavy (non-hydrogen) atoms. The Morgan fingerprint density at radius 1 is 1.33 bits per heavy atom. The molecule has 9 nitrogen and oxygen atoms in total. The first-order valence-electron chi connectivity index (χ1n) is 7.48. The molecular formula is C15H20N4O5. The highest BCUT2D eigenvalue weighted by molar-refractivity contribution is 6.10. The molecule has 9 heteroatoms. The van der Waals surface area contributed by atoms with E-state index in [0.29, 0.717) is 23.6 Å². The van der Waals surface area contributed by atoms with E-state index in [0.717, 1.165) is 4.90 Å². The topological polar surface area (TPSA) is 121 Å². The number of carbonyl (C=O) groups excluding carboxylic acids is 4. The number of furan rings is 1. The molecular weight excluding hydrogens is 316 g/mol. The van der Waals surface area contributed by atoms with Crippen LogP contribution >= 0.6 is 0 Å². The van der Waals surface area contributed by atoms with Crippen LogP contribution in [0.25, 0.3) is 0 Å². The van der Waals surface area contributed by atoms with Crippen LogP contribution in [0.15, 0.2) is 10.5 Å². The highest BCUT2D eigenvalue weighted by Gasteiger charge is 2.51. The molecule has 130 valence electrons. The summed E-state index contributed by atoms with van der Waals surface area (Å²) in [5.41, 5.74) is -0.782. The zero-order valence-corrected chi connectivity index (χ0v) is 14.0. The summed E-state index contributed by atoms with van der Waals surface area (Å²) in [7, 11) is 0. The van der Waals surface area contributed by atoms with Gasteiger partial charge in [-0.15, -0.1) is 0 Å². The number of hydrogen-bond donors (Lipinski definition) is 3. The molecule has 0 aromatic carbocycles. The van der Waals surface area contributed by atoms with Crippen LogP contribution in [0, 0.1) is 13.8 Å². The van der Waals surface area contributed by atoms with E-state index in [9.17, 15) is 19.2 Å². The van der Waals surface area contributed by atoms with Crippen molar-refractivity contribution in [3.63, 3.8) is 0 Å². The van der Waals surface area contributed by atoms with Crippen LogP contribution in [-0.2, 0) is 15.1 Å². The van der Waals surface area contributed by atoms with Crippen LogP contribution in [0.1, 0.15) is 30.9 Å². The summed E-state index contributed by atoms with van der Waals surface area (Å²) >= 11 is 0. The van der Waals surface area contributed by atoms with Gasteiger partial charge in [-0.2, -0.15) is 0 Å². The van der Waals surface area contributed by atoms with Crippen LogP contribution in [0.4, 0.5) is 9.59 Å². The molecule has 1 aliphatic rings. The molecule has 0 radical (unpaired) electrons. The lowest BCUT2D eigenvalue weighted by molar-refractivity contribution is -0.134. The summed E-state index contributed by atoms with van der Waals surface area (Å²) < 4.78 is 5.42. The fourth-order valence-electron chi connectivity index (χ4n) is 2.66. The molecule has 0 bridgehead atoms. The van der Waals surface area contributed by atoms with Crippen molar-refractivity contribution < 1.29 is 23.6 Å². The van der Waals surface area contributed by atoms with Crippen LogP contribution < -0.4 is 16.0 Å². The summed E-state index contributed by atoms with van der Waals surface area (Å²) in [6.07, 6.45) is 0. The first kappa shape index (κ1) is 17.5. The van der Waals surface area contributed by atoms with Crippen molar-refractivity contribution in [1.82, 2.24) is 20.9 Å². The summed E-state index contributed by atoms with van der Waals surface area (Å²) in [4.78, 5) is 48.7. The van der Waals surface area contributed by atoms with Gasteiger partial charge in [-0.25, -0.2) is 9.59 Å². The van der Waals surface area contributed by atoms with Crippen LogP contribution in [0.2, 0.25) is 0 Å². The molecule has 0 saturated carbocycles. The number of amides is 6. The molecule has 2 heterocycles. The van der Waals surface area contributed by atoms with Crippen molar-refractivity contribution in [2.75, 3.05) is 13.1 Å². The number of urea groups is 2. The van der Waals surface area contributed by atoms with Gasteiger partial charge in [0.05, 0.1) is 0 Å². The molecule has 0 unspecified atom stereocenters. The van der Waals surface area contributed by atoms with Gasteiger partial charge in [0, 0.05) is 12.1 Å². The van der Waals surface area contributed by atoms with Crippen LogP contribution in [-0.4, -0.2) is 41.9 Å². The van der Waals surface area contributed by atoms with Gasteiger partial charge in [0.1, 0.15) is 23.6 Å². The fourth-order valence-corrected chi connectivity index (χ4v) is 2.66. The Labute approximate surface area is 138 Å². The lowest BCUT2D eigenvalue weighted by Crippen LogP contribution is -2.46. The number of nitrogens with zero attached hydrogens (tertiary/aromatic N) is 1. The molecule has 6 amide bonds. The minimum Gasteiger partial charge on any atom is -0.466 e. The Hall–Kier alpha value is -2.84. The quantitative estimate of drug-likeness (QED) is 0.692. The molecule has 1 fully saturated rings. The Morgan fingerprint density at radius 3 is 2.54 bits per heavy atom. The normalized spacial score (nSPS) is 20.1. The van der Waals surface area contributed by atoms with Crippen LogP contribution in [0.5, 0.6) is 0 Å². The minimum atomic E-state index is -1.31. The van der Waals surface area contributed by atoms with Crippen molar-refractivity contribution in [1.29, 1.82) is 0 Å². The molecule has 1 saturated heterocycles. The van der Waals surface area contributed by atoms with E-state index < -0.39 is 36.0 Å². The highest BCUT2D eigenvalue weighted by atomic mass is 16.3. The molecule has 2 rings (SSSR count). The monoisotopic (exact) mass is 336 g/mol. The van der Waals surface area contributed by atoms with E-state index in [-0.39, 0.29) is 0 Å². The van der Waals surface area contributed by atoms with Crippen molar-refractivity contribution in [2.24, 2.45) is 0 Å². The minimum absolute atomic E-state index is 0.347. The van der Waals surface area contributed by atoms with E-state index in [1.54, 1.807) is 33.8 Å². The smallest absolute Gasteiger partial charge is 0.325 e. The second kappa shape index (κ2) is 6.34. The molecule has 0 aliphatic carbocycles. The van der Waals surface area contributed by atoms with Gasteiger partial charge >= 0.3 is 12.1 Å². The Bertz CT molecular complexity index is 711. The predicted molar refractivity (Wildman–Crippen MR) is 83.0 cm³/mol. The maximum absolute atomic E-state index is 12.7. The predicted octanol–water partition coefficient (Wildman–Crippen LogP) is 0.509. The summed E-state index contributed by atoms with van der Waals surface area (Å²) in [6, 6.07) is 0.289. The van der Waals surface area contributed by atoms with E-state index in [1.807, 2.05) is 0 Å². The van der Waals surface area contributed by atoms with Gasteiger partial charge in [0.2, 0.25) is 5.91 Å². The molecule has 3 N–H and O–H groups in total. The second-order valence-corrected chi connectivity index (χ2v) is 5.68. The lowest BCUT2D eigenvalue weighted by atomic mass is 9.92. The number of aryl methyl sites for hydroxylation is 2. The van der Waals surface area contributed by atoms with E-state index in [4.69, 9.17) is 4.42 Å². The van der Waals surface area contributed by atoms with Gasteiger partial charge in [-0.05, 0) is 33.8 Å². The highest BCUT2D eigenvalue weighted by Crippen LogP contribution is 2.32. The molecule has 1 aliphatic heterocycles. The number of nitrogens with one attached hydrogen (secondary N) is 3. The second-order valence-electron chi connectivity index (χ2n) is 5.68. The largest absolute Gasteiger partial charge is 0.466 e. The molecule has 1 aromatic rings. The average Bonchev–Trinajstić information content (AvgIpc) is 2.92. The summed E-state index contributed by atoms with van der Waals surface area (Å²) in [5, 5.41) is 7.02. The Morgan fingerprint density at radius 2 is 2.00 bits per heavy atom. The number of rotatable bonds is 4. The molecule has 1 aromatic heterocycles. The summed E-state index contributed by atoms with van der Waals surface area (Å²) in [6.45, 7) is 6.47. The SMILES string of the molecule is CCNC(=O)NC(=O)CN1C(=O)N[C@](C)(c2cc(C)oc2C)C1=O. The van der Waals surface area contributed by atoms with Crippen molar-refractivity contribution in [3.05, 3.63) is 23.2 Å². The van der Waals surface area contributed by atoms with E-state index in [2.05, 4.69) is 16.0 Å². The van der Waals surface area contributed by atoms with Gasteiger partial charge in [-0.1, -0.05) is 0 Å². The van der Waals surface area contributed by atoms with Crippen molar-refractivity contribution in [2.45, 2.75) is 33.2 Å². The van der Waals surface area contributed by atoms with Crippen molar-refractivity contribution in [3.8, 4) is 0 Å².